The van der Waals surface area contributed by atoms with Gasteiger partial charge in [-0.05, 0) is 72.7 Å². The molecule has 4 N–H and O–H groups in total. The number of amides is 2. The summed E-state index contributed by atoms with van der Waals surface area (Å²) in [5.74, 6) is -7.48. The Kier molecular flexibility index (Phi) is 19.8. The molecule has 2 aromatic rings. The van der Waals surface area contributed by atoms with Crippen LogP contribution in [0, 0.1) is 43.9 Å². The predicted octanol–water partition coefficient (Wildman–Crippen LogP) is 3.68. The Bertz CT molecular complexity index is 2150. The van der Waals surface area contributed by atoms with Gasteiger partial charge in [0.25, 0.3) is 17.3 Å². The molecular weight excluding hydrogens is 921 g/mol. The smallest absolute Gasteiger partial charge is 0.407 e. The predicted molar refractivity (Wildman–Crippen MR) is 248 cm³/mol. The first-order valence-electron chi connectivity index (χ1n) is 23.2. The van der Waals surface area contributed by atoms with Gasteiger partial charge in [-0.25, -0.2) is 4.79 Å². The number of rotatable bonds is 15. The summed E-state index contributed by atoms with van der Waals surface area (Å²) in [5.41, 5.74) is -4.93. The number of methoxy groups -OCH3 is 1. The molecule has 2 saturated heterocycles. The SMILES string of the molecule is CC[C@H]1OC(=O)[C@H](C)[C@@H](OC(=O)Cc2cccnc2)[C@H](C)[C@@H](O[C@@H]2O[C@H](C)C[C@H](N(C)C)[C@H]2O)[C@](C)(OC)C[C@@H](C)C(=O)[C@H](C)[C@@H](OC(=O)NCCNC(=O)c2cc([N+](=O)[O-])cc([N+](=O)[O-])c2)[C@]1(C)O. The molecule has 0 unspecified atom stereocenters. The number of alkyl carbamates (subject to hydrolysis) is 1. The number of ether oxygens (including phenoxy) is 6. The Morgan fingerprint density at radius 3 is 2.14 bits per heavy atom. The van der Waals surface area contributed by atoms with Crippen LogP contribution in [0.4, 0.5) is 16.2 Å². The fourth-order valence-corrected chi connectivity index (χ4v) is 9.39. The summed E-state index contributed by atoms with van der Waals surface area (Å²) in [6, 6.07) is 5.36. The lowest BCUT2D eigenvalue weighted by atomic mass is 9.73. The molecule has 3 heterocycles. The van der Waals surface area contributed by atoms with E-state index >= 15 is 0 Å². The highest BCUT2D eigenvalue weighted by Gasteiger charge is 2.54. The van der Waals surface area contributed by atoms with Crippen LogP contribution in [0.15, 0.2) is 42.7 Å². The summed E-state index contributed by atoms with van der Waals surface area (Å²) in [4.78, 5) is 96.2. The van der Waals surface area contributed by atoms with E-state index < -0.39 is 129 Å². The average Bonchev–Trinajstić information content (AvgIpc) is 3.31. The Balaban J connectivity index is 1.71. The van der Waals surface area contributed by atoms with Gasteiger partial charge < -0.3 is 54.2 Å². The highest BCUT2D eigenvalue weighted by molar-refractivity contribution is 5.95. The minimum absolute atomic E-state index is 0.0537. The van der Waals surface area contributed by atoms with Crippen LogP contribution >= 0.6 is 0 Å². The number of nitrogens with zero attached hydrogens (tertiary/aromatic N) is 4. The number of benzene rings is 1. The number of carbonyl (C=O) groups excluding carboxylic acids is 5. The molecule has 2 aliphatic rings. The van der Waals surface area contributed by atoms with Crippen molar-refractivity contribution in [2.24, 2.45) is 23.7 Å². The molecule has 70 heavy (non-hydrogen) atoms. The van der Waals surface area contributed by atoms with Crippen LogP contribution in [-0.4, -0.2) is 154 Å². The monoisotopic (exact) mass is 988 g/mol. The number of cyclic esters (lactones) is 1. The maximum absolute atomic E-state index is 14.7. The average molecular weight is 989 g/mol. The number of esters is 2. The van der Waals surface area contributed by atoms with E-state index in [-0.39, 0.29) is 44.0 Å². The zero-order valence-corrected chi connectivity index (χ0v) is 41.5. The van der Waals surface area contributed by atoms with Crippen molar-refractivity contribution in [1.29, 1.82) is 0 Å². The fourth-order valence-electron chi connectivity index (χ4n) is 9.39. The normalized spacial score (nSPS) is 32.2. The van der Waals surface area contributed by atoms with Gasteiger partial charge in [0.1, 0.15) is 35.8 Å². The van der Waals surface area contributed by atoms with Crippen LogP contribution in [0.3, 0.4) is 0 Å². The molecule has 0 radical (unpaired) electrons. The zero-order valence-electron chi connectivity index (χ0n) is 41.5. The molecule has 0 aliphatic carbocycles. The Morgan fingerprint density at radius 2 is 1.59 bits per heavy atom. The number of aliphatic hydroxyl groups is 2. The molecule has 388 valence electrons. The number of non-ortho nitro benzene ring substituents is 2. The van der Waals surface area contributed by atoms with E-state index in [0.717, 1.165) is 12.1 Å². The summed E-state index contributed by atoms with van der Waals surface area (Å²) in [6.07, 6.45) is -6.39. The van der Waals surface area contributed by atoms with Crippen molar-refractivity contribution in [3.63, 3.8) is 0 Å². The van der Waals surface area contributed by atoms with Gasteiger partial charge in [-0.15, -0.1) is 0 Å². The number of aliphatic hydroxyl groups excluding tert-OH is 1. The van der Waals surface area contributed by atoms with Gasteiger partial charge in [0.2, 0.25) is 0 Å². The molecule has 2 aliphatic heterocycles. The Morgan fingerprint density at radius 1 is 0.957 bits per heavy atom. The Labute approximate surface area is 406 Å². The molecule has 23 heteroatoms. The third kappa shape index (κ3) is 14.0. The Hall–Kier alpha value is -5.72. The molecule has 14 atom stereocenters. The van der Waals surface area contributed by atoms with Crippen molar-refractivity contribution in [2.45, 2.75) is 141 Å². The van der Waals surface area contributed by atoms with Crippen LogP contribution < -0.4 is 10.6 Å². The fraction of sp³-hybridized carbons (Fsp3) is 0.660. The highest BCUT2D eigenvalue weighted by atomic mass is 16.7. The first-order valence-corrected chi connectivity index (χ1v) is 23.2. The molecule has 23 nitrogen and oxygen atoms in total. The van der Waals surface area contributed by atoms with E-state index in [9.17, 15) is 54.4 Å². The van der Waals surface area contributed by atoms with Crippen molar-refractivity contribution in [3.8, 4) is 0 Å². The lowest BCUT2D eigenvalue weighted by molar-refractivity contribution is -0.394. The summed E-state index contributed by atoms with van der Waals surface area (Å²) in [7, 11) is 5.04. The molecule has 0 spiro atoms. The van der Waals surface area contributed by atoms with Gasteiger partial charge >= 0.3 is 18.0 Å². The molecule has 1 aromatic carbocycles. The third-order valence-electron chi connectivity index (χ3n) is 13.3. The molecule has 0 bridgehead atoms. The number of hydrogen-bond acceptors (Lipinski definition) is 19. The van der Waals surface area contributed by atoms with Gasteiger partial charge in [-0.3, -0.25) is 44.4 Å². The second-order valence-corrected chi connectivity index (χ2v) is 18.9. The van der Waals surface area contributed by atoms with Gasteiger partial charge in [0.05, 0.1) is 57.5 Å². The van der Waals surface area contributed by atoms with Crippen LogP contribution in [0.1, 0.15) is 90.6 Å². The van der Waals surface area contributed by atoms with Crippen molar-refractivity contribution < 1.29 is 72.5 Å². The number of nitro groups is 2. The van der Waals surface area contributed by atoms with Crippen LogP contribution in [0.5, 0.6) is 0 Å². The summed E-state index contributed by atoms with van der Waals surface area (Å²) < 4.78 is 37.3. The minimum atomic E-state index is -2.26. The number of carbonyl (C=O) groups is 5. The van der Waals surface area contributed by atoms with Gasteiger partial charge in [0.15, 0.2) is 6.29 Å². The number of Topliss-reactive ketones (excluding diaryl/α,β-unsaturated/α-hetero) is 1. The van der Waals surface area contributed by atoms with E-state index in [4.69, 9.17) is 28.4 Å². The number of hydrogen-bond donors (Lipinski definition) is 4. The maximum Gasteiger partial charge on any atom is 0.407 e. The number of ketones is 1. The summed E-state index contributed by atoms with van der Waals surface area (Å²) in [5, 5.41) is 51.5. The molecule has 0 saturated carbocycles. The van der Waals surface area contributed by atoms with Crippen LogP contribution in [0.25, 0.3) is 0 Å². The third-order valence-corrected chi connectivity index (χ3v) is 13.3. The number of nitrogens with one attached hydrogen (secondary N) is 2. The number of likely N-dealkylation sites (N-methyl/N-ethyl adjacent to an activating group) is 1. The lowest BCUT2D eigenvalue weighted by Crippen LogP contribution is -2.61. The number of nitro benzene ring substituents is 2. The number of pyridine rings is 1. The van der Waals surface area contributed by atoms with Crippen molar-refractivity contribution in [2.75, 3.05) is 34.3 Å². The quantitative estimate of drug-likeness (QED) is 0.0650. The number of aromatic nitrogens is 1. The lowest BCUT2D eigenvalue weighted by Gasteiger charge is -2.48. The van der Waals surface area contributed by atoms with Crippen LogP contribution in [0.2, 0.25) is 0 Å². The van der Waals surface area contributed by atoms with Crippen molar-refractivity contribution in [1.82, 2.24) is 20.5 Å². The molecule has 4 rings (SSSR count). The van der Waals surface area contributed by atoms with E-state index in [2.05, 4.69) is 15.6 Å². The van der Waals surface area contributed by atoms with Crippen molar-refractivity contribution in [3.05, 3.63) is 74.1 Å². The minimum Gasteiger partial charge on any atom is -0.461 e. The second kappa shape index (κ2) is 24.4. The zero-order chi connectivity index (χ0) is 52.4. The van der Waals surface area contributed by atoms with Gasteiger partial charge in [-0.2, -0.15) is 0 Å². The second-order valence-electron chi connectivity index (χ2n) is 18.9. The van der Waals surface area contributed by atoms with E-state index in [0.29, 0.717) is 18.1 Å². The first kappa shape index (κ1) is 56.9. The van der Waals surface area contributed by atoms with E-state index in [1.807, 2.05) is 25.9 Å². The van der Waals surface area contributed by atoms with Crippen molar-refractivity contribution >= 4 is 41.1 Å². The maximum atomic E-state index is 14.7. The standard InChI is InChI=1S/C47H68N6O17/c1-12-35-47(8,60)41(70-45(59)50-17-16-49-42(57)31-20-32(52(61)62)22-33(21-31)53(63)64)27(4)37(55)25(2)23-46(7,65-11)40(69-44-38(56)34(51(9)10)18-26(3)66-44)28(5)39(29(6)43(58)67-35)68-36(54)19-30-14-13-15-48-24-30/h13-15,20-22,24-29,34-35,38-41,44,56,60H,12,16-19,23H2,1-11H3,(H,49,57)(H,50,59)/t25-,26-,27+,28+,29-,34+,35-,38-,39+,40-,41-,44+,46-,47-/m1/s1. The topological polar surface area (TPSA) is 308 Å². The van der Waals surface area contributed by atoms with Gasteiger partial charge in [-0.1, -0.05) is 33.8 Å². The van der Waals surface area contributed by atoms with Gasteiger partial charge in [0, 0.05) is 62.6 Å². The largest absolute Gasteiger partial charge is 0.461 e. The molecule has 2 amide bonds. The first-order chi connectivity index (χ1) is 32.8. The van der Waals surface area contributed by atoms with E-state index in [1.54, 1.807) is 46.0 Å². The summed E-state index contributed by atoms with van der Waals surface area (Å²) >= 11 is 0. The van der Waals surface area contributed by atoms with Crippen LogP contribution in [-0.2, 0) is 49.2 Å². The molecule has 2 fully saturated rings. The molecule has 1 aromatic heterocycles. The highest BCUT2D eigenvalue weighted by Crippen LogP contribution is 2.40. The van der Waals surface area contributed by atoms with E-state index in [1.165, 1.54) is 34.1 Å². The molecular formula is C47H68N6O17. The summed E-state index contributed by atoms with van der Waals surface area (Å²) in [6.45, 7) is 12.0.